The third-order valence-electron chi connectivity index (χ3n) is 4.74. The Labute approximate surface area is 150 Å². The lowest BCUT2D eigenvalue weighted by Crippen LogP contribution is -2.47. The fourth-order valence-corrected chi connectivity index (χ4v) is 3.36. The van der Waals surface area contributed by atoms with Crippen LogP contribution in [0.15, 0.2) is 60.9 Å². The zero-order chi connectivity index (χ0) is 17.3. The van der Waals surface area contributed by atoms with Crippen molar-refractivity contribution in [3.63, 3.8) is 0 Å². The van der Waals surface area contributed by atoms with Crippen LogP contribution < -0.4 is 9.80 Å². The van der Waals surface area contributed by atoms with Gasteiger partial charge in [0.1, 0.15) is 5.82 Å². The zero-order valence-electron chi connectivity index (χ0n) is 14.3. The highest BCUT2D eigenvalue weighted by atomic mass is 15.4. The molecule has 3 aromatic heterocycles. The summed E-state index contributed by atoms with van der Waals surface area (Å²) in [4.78, 5) is 17.5. The monoisotopic (exact) mass is 345 g/mol. The van der Waals surface area contributed by atoms with Crippen LogP contribution in [0.5, 0.6) is 0 Å². The average molecular weight is 345 g/mol. The Morgan fingerprint density at radius 3 is 2.38 bits per heavy atom. The Morgan fingerprint density at radius 1 is 0.769 bits per heavy atom. The number of piperazine rings is 1. The molecule has 0 aliphatic carbocycles. The van der Waals surface area contributed by atoms with E-state index in [1.807, 2.05) is 42.6 Å². The molecule has 130 valence electrons. The van der Waals surface area contributed by atoms with E-state index in [9.17, 15) is 0 Å². The summed E-state index contributed by atoms with van der Waals surface area (Å²) < 4.78 is 1.79. The summed E-state index contributed by atoms with van der Waals surface area (Å²) in [5.74, 6) is 2.78. The van der Waals surface area contributed by atoms with Crippen LogP contribution in [0.2, 0.25) is 0 Å². The van der Waals surface area contributed by atoms with Crippen molar-refractivity contribution in [3.05, 3.63) is 60.9 Å². The first-order chi connectivity index (χ1) is 12.9. The maximum absolute atomic E-state index is 4.76. The van der Waals surface area contributed by atoms with Gasteiger partial charge in [-0.25, -0.2) is 14.6 Å². The third kappa shape index (κ3) is 2.67. The van der Waals surface area contributed by atoms with Crippen molar-refractivity contribution < 1.29 is 0 Å². The quantitative estimate of drug-likeness (QED) is 0.618. The van der Waals surface area contributed by atoms with Crippen molar-refractivity contribution in [1.82, 2.24) is 24.7 Å². The fourth-order valence-electron chi connectivity index (χ4n) is 3.36. The predicted molar refractivity (Wildman–Crippen MR) is 102 cm³/mol. The van der Waals surface area contributed by atoms with Gasteiger partial charge in [-0.15, -0.1) is 0 Å². The summed E-state index contributed by atoms with van der Waals surface area (Å²) in [6.45, 7) is 3.64. The first-order valence-corrected chi connectivity index (χ1v) is 8.78. The maximum Gasteiger partial charge on any atom is 0.203 e. The second-order valence-electron chi connectivity index (χ2n) is 6.36. The van der Waals surface area contributed by atoms with Crippen LogP contribution in [0, 0.1) is 0 Å². The topological polar surface area (TPSA) is 65.9 Å². The van der Waals surface area contributed by atoms with Gasteiger partial charge in [-0.2, -0.15) is 5.10 Å². The molecule has 4 heterocycles. The number of hydrogen-bond donors (Lipinski definition) is 1. The van der Waals surface area contributed by atoms with E-state index in [1.165, 1.54) is 0 Å². The highest BCUT2D eigenvalue weighted by Crippen LogP contribution is 2.21. The zero-order valence-corrected chi connectivity index (χ0v) is 14.3. The van der Waals surface area contributed by atoms with Crippen molar-refractivity contribution in [2.75, 3.05) is 36.0 Å². The minimum absolute atomic E-state index is 0.840. The normalized spacial score (nSPS) is 14.9. The molecule has 1 saturated heterocycles. The number of pyridine rings is 1. The maximum atomic E-state index is 4.76. The number of H-pyrrole nitrogens is 1. The lowest BCUT2D eigenvalue weighted by Gasteiger charge is -2.35. The van der Waals surface area contributed by atoms with Crippen molar-refractivity contribution in [2.45, 2.75) is 0 Å². The molecular weight excluding hydrogens is 326 g/mol. The summed E-state index contributed by atoms with van der Waals surface area (Å²) in [6, 6.07) is 16.1. The molecule has 0 saturated carbocycles. The number of anilines is 2. The Balaban J connectivity index is 1.32. The standard InChI is InChI=1S/C19H19N7/c1-2-6-16-15(5-1)21-19(22-16)25-13-11-24(12-14-25)17-7-3-8-18(23-17)26-10-4-9-20-26/h1-10H,11-14H2,(H,21,22). The van der Waals surface area contributed by atoms with Gasteiger partial charge in [0.05, 0.1) is 11.0 Å². The predicted octanol–water partition coefficient (Wildman–Crippen LogP) is 2.47. The van der Waals surface area contributed by atoms with Gasteiger partial charge in [0, 0.05) is 38.6 Å². The van der Waals surface area contributed by atoms with E-state index < -0.39 is 0 Å². The largest absolute Gasteiger partial charge is 0.353 e. The van der Waals surface area contributed by atoms with Crippen LogP contribution in [0.1, 0.15) is 0 Å². The molecule has 4 aromatic rings. The molecule has 5 rings (SSSR count). The molecule has 1 fully saturated rings. The Morgan fingerprint density at radius 2 is 1.58 bits per heavy atom. The van der Waals surface area contributed by atoms with Crippen molar-refractivity contribution in [1.29, 1.82) is 0 Å². The molecule has 1 aromatic carbocycles. The summed E-state index contributed by atoms with van der Waals surface area (Å²) in [5, 5.41) is 4.26. The van der Waals surface area contributed by atoms with E-state index in [0.717, 1.165) is 54.8 Å². The van der Waals surface area contributed by atoms with Gasteiger partial charge >= 0.3 is 0 Å². The first-order valence-electron chi connectivity index (χ1n) is 8.78. The summed E-state index contributed by atoms with van der Waals surface area (Å²) in [6.07, 6.45) is 3.67. The van der Waals surface area contributed by atoms with E-state index in [-0.39, 0.29) is 0 Å². The third-order valence-corrected chi connectivity index (χ3v) is 4.74. The number of nitrogens with zero attached hydrogens (tertiary/aromatic N) is 6. The molecule has 26 heavy (non-hydrogen) atoms. The van der Waals surface area contributed by atoms with Crippen LogP contribution in [0.3, 0.4) is 0 Å². The first kappa shape index (κ1) is 14.9. The fraction of sp³-hybridized carbons (Fsp3) is 0.211. The number of para-hydroxylation sites is 2. The van der Waals surface area contributed by atoms with Crippen molar-refractivity contribution >= 4 is 22.8 Å². The molecule has 0 radical (unpaired) electrons. The number of hydrogen-bond acceptors (Lipinski definition) is 5. The number of nitrogens with one attached hydrogen (secondary N) is 1. The van der Waals surface area contributed by atoms with Gasteiger partial charge in [-0.05, 0) is 30.3 Å². The molecule has 1 aliphatic heterocycles. The highest BCUT2D eigenvalue weighted by molar-refractivity contribution is 5.77. The van der Waals surface area contributed by atoms with Gasteiger partial charge < -0.3 is 14.8 Å². The Kier molecular flexibility index (Phi) is 3.55. The molecule has 7 heteroatoms. The molecule has 0 atom stereocenters. The van der Waals surface area contributed by atoms with Crippen LogP contribution in [-0.4, -0.2) is 50.9 Å². The van der Waals surface area contributed by atoms with Crippen LogP contribution in [0.25, 0.3) is 16.9 Å². The lowest BCUT2D eigenvalue weighted by molar-refractivity contribution is 0.636. The van der Waals surface area contributed by atoms with Gasteiger partial charge in [-0.3, -0.25) is 0 Å². The molecule has 1 N–H and O–H groups in total. The van der Waals surface area contributed by atoms with E-state index in [0.29, 0.717) is 0 Å². The van der Waals surface area contributed by atoms with Crippen molar-refractivity contribution in [2.24, 2.45) is 0 Å². The van der Waals surface area contributed by atoms with Crippen LogP contribution >= 0.6 is 0 Å². The number of fused-ring (bicyclic) bond motifs is 1. The second-order valence-corrected chi connectivity index (χ2v) is 6.36. The summed E-state index contributed by atoms with van der Waals surface area (Å²) in [5.41, 5.74) is 2.09. The van der Waals surface area contributed by atoms with Crippen LogP contribution in [-0.2, 0) is 0 Å². The van der Waals surface area contributed by atoms with Crippen LogP contribution in [0.4, 0.5) is 11.8 Å². The van der Waals surface area contributed by atoms with Gasteiger partial charge in [-0.1, -0.05) is 18.2 Å². The number of aromatic amines is 1. The molecule has 0 spiro atoms. The average Bonchev–Trinajstić information content (AvgIpc) is 3.38. The van der Waals surface area contributed by atoms with Gasteiger partial charge in [0.25, 0.3) is 0 Å². The molecule has 0 unspecified atom stereocenters. The summed E-state index contributed by atoms with van der Waals surface area (Å²) >= 11 is 0. The second kappa shape index (κ2) is 6.18. The molecule has 1 aliphatic rings. The van der Waals surface area contributed by atoms with Crippen molar-refractivity contribution in [3.8, 4) is 5.82 Å². The lowest BCUT2D eigenvalue weighted by atomic mass is 10.3. The number of aromatic nitrogens is 5. The van der Waals surface area contributed by atoms with Gasteiger partial charge in [0.15, 0.2) is 5.82 Å². The number of benzene rings is 1. The van der Waals surface area contributed by atoms with E-state index in [4.69, 9.17) is 9.97 Å². The molecule has 0 bridgehead atoms. The summed E-state index contributed by atoms with van der Waals surface area (Å²) in [7, 11) is 0. The van der Waals surface area contributed by atoms with E-state index in [2.05, 4.69) is 32.0 Å². The molecule has 7 nitrogen and oxygen atoms in total. The Bertz CT molecular complexity index is 980. The number of imidazole rings is 1. The van der Waals surface area contributed by atoms with E-state index >= 15 is 0 Å². The van der Waals surface area contributed by atoms with E-state index in [1.54, 1.807) is 10.9 Å². The molecular formula is C19H19N7. The smallest absolute Gasteiger partial charge is 0.203 e. The SMILES string of the molecule is c1cc(N2CCN(c3nc4ccccc4[nH]3)CC2)nc(-n2cccn2)c1. The van der Waals surface area contributed by atoms with Gasteiger partial charge in [0.2, 0.25) is 5.95 Å². The molecule has 0 amide bonds. The number of rotatable bonds is 3. The Hall–Kier alpha value is -3.35. The highest BCUT2D eigenvalue weighted by Gasteiger charge is 2.20. The minimum Gasteiger partial charge on any atom is -0.353 e. The minimum atomic E-state index is 0.840.